The minimum absolute atomic E-state index is 0.173. The normalized spacial score (nSPS) is 17.8. The van der Waals surface area contributed by atoms with E-state index in [4.69, 9.17) is 4.74 Å². The van der Waals surface area contributed by atoms with Gasteiger partial charge in [-0.2, -0.15) is 0 Å². The molecule has 0 bridgehead atoms. The maximum Gasteiger partial charge on any atom is 0.0949 e. The van der Waals surface area contributed by atoms with E-state index >= 15 is 0 Å². The zero-order valence-corrected chi connectivity index (χ0v) is 14.7. The van der Waals surface area contributed by atoms with Gasteiger partial charge in [-0.1, -0.05) is 54.2 Å². The van der Waals surface area contributed by atoms with Gasteiger partial charge in [0.15, 0.2) is 0 Å². The highest BCUT2D eigenvalue weighted by Crippen LogP contribution is 2.26. The second-order valence-electron chi connectivity index (χ2n) is 6.08. The molecule has 0 amide bonds. The zero-order chi connectivity index (χ0) is 14.9. The summed E-state index contributed by atoms with van der Waals surface area (Å²) in [6.07, 6.45) is 8.19. The summed E-state index contributed by atoms with van der Waals surface area (Å²) in [6, 6.07) is 8.55. The van der Waals surface area contributed by atoms with Gasteiger partial charge in [0.05, 0.1) is 12.7 Å². The van der Waals surface area contributed by atoms with Gasteiger partial charge in [0, 0.05) is 11.0 Å². The molecule has 1 N–H and O–H groups in total. The lowest BCUT2D eigenvalue weighted by atomic mass is 9.90. The summed E-state index contributed by atoms with van der Waals surface area (Å²) in [5.41, 5.74) is 1.28. The molecule has 1 aliphatic rings. The second kappa shape index (κ2) is 9.60. The van der Waals surface area contributed by atoms with E-state index in [2.05, 4.69) is 52.4 Å². The van der Waals surface area contributed by atoms with Crippen molar-refractivity contribution in [2.45, 2.75) is 51.6 Å². The predicted molar refractivity (Wildman–Crippen MR) is 92.6 cm³/mol. The van der Waals surface area contributed by atoms with Crippen molar-refractivity contribution < 1.29 is 4.74 Å². The number of halogens is 1. The van der Waals surface area contributed by atoms with Gasteiger partial charge in [-0.3, -0.25) is 0 Å². The first-order valence-electron chi connectivity index (χ1n) is 8.37. The van der Waals surface area contributed by atoms with Crippen LogP contribution in [-0.4, -0.2) is 19.7 Å². The molecule has 1 aromatic rings. The van der Waals surface area contributed by atoms with Gasteiger partial charge in [0.2, 0.25) is 0 Å². The molecule has 1 atom stereocenters. The first-order chi connectivity index (χ1) is 10.3. The number of hydrogen-bond acceptors (Lipinski definition) is 2. The largest absolute Gasteiger partial charge is 0.372 e. The van der Waals surface area contributed by atoms with Crippen LogP contribution in [0.3, 0.4) is 0 Å². The van der Waals surface area contributed by atoms with E-state index < -0.39 is 0 Å². The molecule has 2 rings (SSSR count). The molecule has 3 heteroatoms. The van der Waals surface area contributed by atoms with E-state index in [1.54, 1.807) is 0 Å². The van der Waals surface area contributed by atoms with Crippen molar-refractivity contribution in [3.05, 3.63) is 34.3 Å². The van der Waals surface area contributed by atoms with Crippen LogP contribution >= 0.6 is 15.9 Å². The van der Waals surface area contributed by atoms with Crippen molar-refractivity contribution in [2.75, 3.05) is 19.7 Å². The third kappa shape index (κ3) is 6.09. The third-order valence-corrected chi connectivity index (χ3v) is 4.78. The van der Waals surface area contributed by atoms with Crippen molar-refractivity contribution in [3.8, 4) is 0 Å². The summed E-state index contributed by atoms with van der Waals surface area (Å²) in [5.74, 6) is 0.767. The number of benzene rings is 1. The van der Waals surface area contributed by atoms with Crippen LogP contribution in [0.2, 0.25) is 0 Å². The van der Waals surface area contributed by atoms with Crippen LogP contribution in [0.15, 0.2) is 28.7 Å². The summed E-state index contributed by atoms with van der Waals surface area (Å²) in [6.45, 7) is 5.07. The maximum absolute atomic E-state index is 6.28. The number of nitrogens with one attached hydrogen (secondary N) is 1. The monoisotopic (exact) mass is 353 g/mol. The van der Waals surface area contributed by atoms with Crippen LogP contribution < -0.4 is 5.32 Å². The van der Waals surface area contributed by atoms with Gasteiger partial charge in [-0.15, -0.1) is 0 Å². The molecule has 1 aliphatic carbocycles. The highest BCUT2D eigenvalue weighted by molar-refractivity contribution is 9.10. The lowest BCUT2D eigenvalue weighted by Gasteiger charge is -2.25. The first-order valence-corrected chi connectivity index (χ1v) is 9.16. The van der Waals surface area contributed by atoms with Crippen LogP contribution in [0, 0.1) is 5.92 Å². The Morgan fingerprint density at radius 2 is 1.90 bits per heavy atom. The van der Waals surface area contributed by atoms with Gasteiger partial charge >= 0.3 is 0 Å². The van der Waals surface area contributed by atoms with Gasteiger partial charge in [-0.05, 0) is 49.4 Å². The predicted octanol–water partition coefficient (Wildman–Crippen LogP) is 5.09. The summed E-state index contributed by atoms with van der Waals surface area (Å²) in [7, 11) is 0. The number of rotatable bonds is 8. The Kier molecular flexibility index (Phi) is 7.76. The van der Waals surface area contributed by atoms with E-state index in [0.717, 1.165) is 36.5 Å². The molecule has 1 fully saturated rings. The third-order valence-electron chi connectivity index (χ3n) is 4.26. The Labute approximate surface area is 137 Å². The average molecular weight is 354 g/mol. The molecular formula is C18H28BrNO. The molecule has 0 aliphatic heterocycles. The quantitative estimate of drug-likeness (QED) is 0.657. The van der Waals surface area contributed by atoms with Crippen molar-refractivity contribution in [2.24, 2.45) is 5.92 Å². The van der Waals surface area contributed by atoms with Crippen LogP contribution in [0.5, 0.6) is 0 Å². The summed E-state index contributed by atoms with van der Waals surface area (Å²) in [5, 5.41) is 3.50. The zero-order valence-electron chi connectivity index (χ0n) is 13.1. The van der Waals surface area contributed by atoms with Crippen LogP contribution in [-0.2, 0) is 4.74 Å². The highest BCUT2D eigenvalue weighted by Gasteiger charge is 2.17. The Bertz CT molecular complexity index is 387. The molecule has 0 heterocycles. The second-order valence-corrected chi connectivity index (χ2v) is 7.00. The summed E-state index contributed by atoms with van der Waals surface area (Å²) < 4.78 is 7.40. The molecule has 0 aromatic heterocycles. The topological polar surface area (TPSA) is 21.3 Å². The molecular weight excluding hydrogens is 326 g/mol. The molecule has 1 saturated carbocycles. The molecule has 1 aromatic carbocycles. The van der Waals surface area contributed by atoms with Crippen molar-refractivity contribution in [3.63, 3.8) is 0 Å². The summed E-state index contributed by atoms with van der Waals surface area (Å²) >= 11 is 3.50. The van der Waals surface area contributed by atoms with Gasteiger partial charge in [0.25, 0.3) is 0 Å². The smallest absolute Gasteiger partial charge is 0.0949 e. The Morgan fingerprint density at radius 1 is 1.19 bits per heavy atom. The molecule has 21 heavy (non-hydrogen) atoms. The SMILES string of the molecule is CCCNCC(OCC1CCCCC1)c1ccc(Br)cc1. The lowest BCUT2D eigenvalue weighted by Crippen LogP contribution is -2.26. The average Bonchev–Trinajstić information content (AvgIpc) is 2.53. The van der Waals surface area contributed by atoms with Crippen molar-refractivity contribution in [1.29, 1.82) is 0 Å². The Morgan fingerprint density at radius 3 is 2.57 bits per heavy atom. The molecule has 0 spiro atoms. The summed E-state index contributed by atoms with van der Waals surface area (Å²) in [4.78, 5) is 0. The van der Waals surface area contributed by atoms with E-state index in [9.17, 15) is 0 Å². The van der Waals surface area contributed by atoms with Gasteiger partial charge in [0.1, 0.15) is 0 Å². The molecule has 0 saturated heterocycles. The van der Waals surface area contributed by atoms with Crippen LogP contribution in [0.25, 0.3) is 0 Å². The minimum Gasteiger partial charge on any atom is -0.372 e. The molecule has 1 unspecified atom stereocenters. The van der Waals surface area contributed by atoms with Crippen LogP contribution in [0.1, 0.15) is 57.1 Å². The Hall–Kier alpha value is -0.380. The fourth-order valence-electron chi connectivity index (χ4n) is 2.97. The number of hydrogen-bond donors (Lipinski definition) is 1. The van der Waals surface area contributed by atoms with Crippen molar-refractivity contribution in [1.82, 2.24) is 5.32 Å². The first kappa shape index (κ1) is 17.0. The fraction of sp³-hybridized carbons (Fsp3) is 0.667. The van der Waals surface area contributed by atoms with E-state index in [1.165, 1.54) is 37.7 Å². The standard InChI is InChI=1S/C18H28BrNO/c1-2-12-20-13-18(16-8-10-17(19)11-9-16)21-14-15-6-4-3-5-7-15/h8-11,15,18,20H,2-7,12-14H2,1H3. The highest BCUT2D eigenvalue weighted by atomic mass is 79.9. The lowest BCUT2D eigenvalue weighted by molar-refractivity contribution is 0.0200. The number of ether oxygens (including phenoxy) is 1. The minimum atomic E-state index is 0.173. The van der Waals surface area contributed by atoms with Crippen LogP contribution in [0.4, 0.5) is 0 Å². The Balaban J connectivity index is 1.89. The maximum atomic E-state index is 6.28. The fourth-order valence-corrected chi connectivity index (χ4v) is 3.23. The molecule has 118 valence electrons. The van der Waals surface area contributed by atoms with Crippen molar-refractivity contribution >= 4 is 15.9 Å². The van der Waals surface area contributed by atoms with Gasteiger partial charge < -0.3 is 10.1 Å². The van der Waals surface area contributed by atoms with E-state index in [-0.39, 0.29) is 6.10 Å². The van der Waals surface area contributed by atoms with E-state index in [1.807, 2.05) is 0 Å². The van der Waals surface area contributed by atoms with Gasteiger partial charge in [-0.25, -0.2) is 0 Å². The molecule has 2 nitrogen and oxygen atoms in total. The van der Waals surface area contributed by atoms with E-state index in [0.29, 0.717) is 0 Å². The molecule has 0 radical (unpaired) electrons.